The Kier molecular flexibility index (Phi) is 8.26. The molecule has 0 amide bonds. The summed E-state index contributed by atoms with van der Waals surface area (Å²) in [7, 11) is 2.76. The third-order valence-corrected chi connectivity index (χ3v) is 4.41. The van der Waals surface area contributed by atoms with Gasteiger partial charge in [0, 0.05) is 12.1 Å². The van der Waals surface area contributed by atoms with Crippen LogP contribution in [0.3, 0.4) is 0 Å². The van der Waals surface area contributed by atoms with Crippen molar-refractivity contribution in [1.29, 1.82) is 0 Å². The fourth-order valence-electron chi connectivity index (χ4n) is 2.46. The van der Waals surface area contributed by atoms with E-state index in [1.807, 2.05) is 12.1 Å². The van der Waals surface area contributed by atoms with E-state index in [1.165, 1.54) is 20.5 Å². The lowest BCUT2D eigenvalue weighted by atomic mass is 10.0. The molecule has 2 aromatic rings. The second-order valence-electron chi connectivity index (χ2n) is 5.85. The van der Waals surface area contributed by atoms with E-state index in [9.17, 15) is 4.79 Å². The normalized spacial score (nSPS) is 11.9. The van der Waals surface area contributed by atoms with E-state index < -0.39 is 12.1 Å². The molecule has 0 N–H and O–H groups in total. The summed E-state index contributed by atoms with van der Waals surface area (Å²) in [6, 6.07) is 10.4. The van der Waals surface area contributed by atoms with Gasteiger partial charge in [-0.25, -0.2) is 4.79 Å². The minimum atomic E-state index is -0.519. The molecule has 0 fully saturated rings. The third-order valence-electron chi connectivity index (χ3n) is 3.84. The Bertz CT molecular complexity index is 923. The topological polar surface area (TPSA) is 54.0 Å². The van der Waals surface area contributed by atoms with Gasteiger partial charge in [-0.1, -0.05) is 53.4 Å². The first-order chi connectivity index (χ1) is 13.9. The van der Waals surface area contributed by atoms with E-state index in [0.717, 1.165) is 5.56 Å². The maximum atomic E-state index is 12.1. The largest absolute Gasteiger partial charge is 0.503 e. The Balaban J connectivity index is 2.26. The van der Waals surface area contributed by atoms with Crippen LogP contribution in [-0.2, 0) is 20.9 Å². The highest BCUT2D eigenvalue weighted by atomic mass is 35.5. The quantitative estimate of drug-likeness (QED) is 0.249. The second kappa shape index (κ2) is 10.7. The number of benzene rings is 2. The number of carbonyl (C=O) groups is 1. The molecule has 0 bridgehead atoms. The van der Waals surface area contributed by atoms with Gasteiger partial charge in [0.25, 0.3) is 0 Å². The summed E-state index contributed by atoms with van der Waals surface area (Å²) in [6.07, 6.45) is 6.17. The Morgan fingerprint density at radius 2 is 1.86 bits per heavy atom. The molecule has 0 aliphatic heterocycles. The average Bonchev–Trinajstić information content (AvgIpc) is 2.72. The van der Waals surface area contributed by atoms with E-state index in [1.54, 1.807) is 31.2 Å². The Morgan fingerprint density at radius 3 is 2.45 bits per heavy atom. The number of carbonyl (C=O) groups excluding carboxylic acids is 1. The van der Waals surface area contributed by atoms with Gasteiger partial charge < -0.3 is 18.9 Å². The molecule has 0 radical (unpaired) electrons. The fraction of sp³-hybridized carbons (Fsp3) is 0.227. The predicted molar refractivity (Wildman–Crippen MR) is 113 cm³/mol. The number of halogens is 2. The van der Waals surface area contributed by atoms with E-state index in [0.29, 0.717) is 17.1 Å². The zero-order valence-electron chi connectivity index (χ0n) is 16.2. The van der Waals surface area contributed by atoms with Gasteiger partial charge in [0.2, 0.25) is 0 Å². The zero-order chi connectivity index (χ0) is 21.4. The van der Waals surface area contributed by atoms with Crippen molar-refractivity contribution in [1.82, 2.24) is 0 Å². The first-order valence-electron chi connectivity index (χ1n) is 8.55. The number of rotatable bonds is 8. The van der Waals surface area contributed by atoms with Crippen LogP contribution in [0.4, 0.5) is 0 Å². The highest BCUT2D eigenvalue weighted by Crippen LogP contribution is 2.38. The summed E-state index contributed by atoms with van der Waals surface area (Å²) in [5.41, 5.74) is 1.65. The van der Waals surface area contributed by atoms with Crippen LogP contribution >= 0.6 is 23.2 Å². The van der Waals surface area contributed by atoms with Crippen LogP contribution in [-0.4, -0.2) is 26.3 Å². The standard InChI is InChI=1S/C22H20Cl2O5/c1-5-14(2)29-21-19(23)10-16(11-20(21)24)28-12-15-8-6-7-9-17(15)18(13-26-3)22(25)27-4/h1,6-11,13-14H,12H2,2-4H3. The lowest BCUT2D eigenvalue weighted by molar-refractivity contribution is -0.133. The maximum absolute atomic E-state index is 12.1. The predicted octanol–water partition coefficient (Wildman–Crippen LogP) is 5.13. The summed E-state index contributed by atoms with van der Waals surface area (Å²) in [4.78, 5) is 12.1. The van der Waals surface area contributed by atoms with E-state index in [-0.39, 0.29) is 22.2 Å². The third kappa shape index (κ3) is 5.83. The Morgan fingerprint density at radius 1 is 1.21 bits per heavy atom. The molecular weight excluding hydrogens is 415 g/mol. The van der Waals surface area contributed by atoms with Gasteiger partial charge in [0.05, 0.1) is 30.5 Å². The van der Waals surface area contributed by atoms with Gasteiger partial charge in [0.1, 0.15) is 17.9 Å². The van der Waals surface area contributed by atoms with Crippen LogP contribution in [0.15, 0.2) is 42.7 Å². The number of terminal acetylenes is 1. The molecule has 0 aromatic heterocycles. The van der Waals surface area contributed by atoms with Crippen molar-refractivity contribution in [2.45, 2.75) is 19.6 Å². The molecule has 0 heterocycles. The Hall–Kier alpha value is -2.81. The van der Waals surface area contributed by atoms with Gasteiger partial charge in [-0.3, -0.25) is 0 Å². The number of ether oxygens (including phenoxy) is 4. The van der Waals surface area contributed by atoms with Gasteiger partial charge in [-0.05, 0) is 18.1 Å². The smallest absolute Gasteiger partial charge is 0.341 e. The molecular formula is C22H20Cl2O5. The highest BCUT2D eigenvalue weighted by molar-refractivity contribution is 6.37. The van der Waals surface area contributed by atoms with E-state index >= 15 is 0 Å². The van der Waals surface area contributed by atoms with Crippen molar-refractivity contribution >= 4 is 34.7 Å². The molecule has 1 atom stereocenters. The molecule has 5 nitrogen and oxygen atoms in total. The van der Waals surface area contributed by atoms with Crippen molar-refractivity contribution < 1.29 is 23.7 Å². The van der Waals surface area contributed by atoms with Crippen molar-refractivity contribution in [2.75, 3.05) is 14.2 Å². The molecule has 7 heteroatoms. The van der Waals surface area contributed by atoms with Gasteiger partial charge >= 0.3 is 5.97 Å². The minimum Gasteiger partial charge on any atom is -0.503 e. The first-order valence-corrected chi connectivity index (χ1v) is 9.31. The number of esters is 1. The average molecular weight is 435 g/mol. The maximum Gasteiger partial charge on any atom is 0.341 e. The molecule has 29 heavy (non-hydrogen) atoms. The summed E-state index contributed by atoms with van der Waals surface area (Å²) < 4.78 is 21.2. The lowest BCUT2D eigenvalue weighted by Gasteiger charge is -2.15. The van der Waals surface area contributed by atoms with Gasteiger partial charge in [-0.2, -0.15) is 0 Å². The van der Waals surface area contributed by atoms with Crippen molar-refractivity contribution in [3.63, 3.8) is 0 Å². The fourth-order valence-corrected chi connectivity index (χ4v) is 3.02. The van der Waals surface area contributed by atoms with Gasteiger partial charge in [0.15, 0.2) is 11.9 Å². The molecule has 0 saturated carbocycles. The van der Waals surface area contributed by atoms with Crippen molar-refractivity contribution in [3.8, 4) is 23.8 Å². The number of methoxy groups -OCH3 is 2. The molecule has 0 spiro atoms. The molecule has 2 rings (SSSR count). The van der Waals surface area contributed by atoms with Crippen LogP contribution < -0.4 is 9.47 Å². The molecule has 0 aliphatic rings. The monoisotopic (exact) mass is 434 g/mol. The molecule has 0 saturated heterocycles. The van der Waals surface area contributed by atoms with Crippen molar-refractivity contribution in [3.05, 3.63) is 63.8 Å². The highest BCUT2D eigenvalue weighted by Gasteiger charge is 2.18. The van der Waals surface area contributed by atoms with Crippen LogP contribution in [0, 0.1) is 12.3 Å². The molecule has 0 aliphatic carbocycles. The first kappa shape index (κ1) is 22.5. The van der Waals surface area contributed by atoms with Crippen LogP contribution in [0.1, 0.15) is 18.1 Å². The Labute approximate surface area is 180 Å². The minimum absolute atomic E-state index is 0.155. The van der Waals surface area contributed by atoms with Crippen LogP contribution in [0.5, 0.6) is 11.5 Å². The summed E-state index contributed by atoms with van der Waals surface area (Å²) >= 11 is 12.5. The van der Waals surface area contributed by atoms with E-state index in [2.05, 4.69) is 5.92 Å². The van der Waals surface area contributed by atoms with Crippen LogP contribution in [0.25, 0.3) is 5.57 Å². The van der Waals surface area contributed by atoms with Crippen LogP contribution in [0.2, 0.25) is 10.0 Å². The molecule has 1 unspecified atom stereocenters. The summed E-state index contributed by atoms with van der Waals surface area (Å²) in [6.45, 7) is 1.86. The lowest BCUT2D eigenvalue weighted by Crippen LogP contribution is -2.09. The van der Waals surface area contributed by atoms with Crippen molar-refractivity contribution in [2.24, 2.45) is 0 Å². The number of hydrogen-bond acceptors (Lipinski definition) is 5. The zero-order valence-corrected chi connectivity index (χ0v) is 17.7. The second-order valence-corrected chi connectivity index (χ2v) is 6.66. The van der Waals surface area contributed by atoms with Gasteiger partial charge in [-0.15, -0.1) is 6.42 Å². The SMILES string of the molecule is C#CC(C)Oc1c(Cl)cc(OCc2ccccc2C(=COC)C(=O)OC)cc1Cl. The molecule has 152 valence electrons. The summed E-state index contributed by atoms with van der Waals surface area (Å²) in [5.74, 6) is 2.66. The summed E-state index contributed by atoms with van der Waals surface area (Å²) in [5, 5.41) is 0.551. The molecule has 2 aromatic carbocycles. The number of hydrogen-bond donors (Lipinski definition) is 0. The van der Waals surface area contributed by atoms with E-state index in [4.69, 9.17) is 48.6 Å².